The molecule has 0 aliphatic heterocycles. The molecule has 0 aliphatic carbocycles. The first kappa shape index (κ1) is 16.0. The molecule has 6 heteroatoms. The third-order valence-electron chi connectivity index (χ3n) is 3.08. The zero-order valence-corrected chi connectivity index (χ0v) is 13.3. The van der Waals surface area contributed by atoms with Gasteiger partial charge >= 0.3 is 0 Å². The average Bonchev–Trinajstić information content (AvgIpc) is 2.52. The van der Waals surface area contributed by atoms with Crippen LogP contribution in [-0.4, -0.2) is 25.5 Å². The summed E-state index contributed by atoms with van der Waals surface area (Å²) in [6.45, 7) is 1.93. The molecule has 0 radical (unpaired) electrons. The van der Waals surface area contributed by atoms with Gasteiger partial charge in [-0.05, 0) is 36.8 Å². The maximum absolute atomic E-state index is 9.85. The van der Waals surface area contributed by atoms with Crippen LogP contribution in [0.5, 0.6) is 17.2 Å². The predicted octanol–water partition coefficient (Wildman–Crippen LogP) is 3.82. The molecule has 0 saturated heterocycles. The van der Waals surface area contributed by atoms with Crippen molar-refractivity contribution in [1.82, 2.24) is 0 Å². The van der Waals surface area contributed by atoms with Gasteiger partial charge in [-0.15, -0.1) is 0 Å². The molecule has 2 aromatic rings. The number of aryl methyl sites for hydroxylation is 1. The van der Waals surface area contributed by atoms with Gasteiger partial charge in [0.05, 0.1) is 26.1 Å². The summed E-state index contributed by atoms with van der Waals surface area (Å²) in [5.41, 5.74) is 5.40. The molecule has 0 heterocycles. The highest BCUT2D eigenvalue weighted by Gasteiger charge is 2.10. The smallest absolute Gasteiger partial charge is 0.200 e. The fourth-order valence-electron chi connectivity index (χ4n) is 1.83. The molecule has 0 atom stereocenters. The Balaban J connectivity index is 2.17. The molecule has 0 fully saturated rings. The van der Waals surface area contributed by atoms with E-state index in [1.165, 1.54) is 14.2 Å². The van der Waals surface area contributed by atoms with Gasteiger partial charge in [-0.3, -0.25) is 5.43 Å². The minimum Gasteiger partial charge on any atom is -0.502 e. The molecule has 0 amide bonds. The second kappa shape index (κ2) is 7.04. The second-order valence-corrected chi connectivity index (χ2v) is 5.02. The van der Waals surface area contributed by atoms with Crippen LogP contribution in [0.3, 0.4) is 0 Å². The highest BCUT2D eigenvalue weighted by Crippen LogP contribution is 2.36. The molecular formula is C16H17ClN2O3. The van der Waals surface area contributed by atoms with Crippen LogP contribution in [0.25, 0.3) is 0 Å². The highest BCUT2D eigenvalue weighted by atomic mass is 35.5. The lowest BCUT2D eigenvalue weighted by atomic mass is 10.2. The molecule has 0 unspecified atom stereocenters. The van der Waals surface area contributed by atoms with Crippen LogP contribution >= 0.6 is 11.6 Å². The van der Waals surface area contributed by atoms with Crippen LogP contribution < -0.4 is 14.9 Å². The molecule has 5 nitrogen and oxygen atoms in total. The Labute approximate surface area is 134 Å². The number of benzene rings is 2. The molecule has 22 heavy (non-hydrogen) atoms. The zero-order valence-electron chi connectivity index (χ0n) is 12.6. The Morgan fingerprint density at radius 1 is 1.14 bits per heavy atom. The molecule has 0 bridgehead atoms. The highest BCUT2D eigenvalue weighted by molar-refractivity contribution is 6.31. The van der Waals surface area contributed by atoms with Gasteiger partial charge in [0.15, 0.2) is 11.5 Å². The number of ether oxygens (including phenoxy) is 2. The van der Waals surface area contributed by atoms with Crippen LogP contribution in [0.1, 0.15) is 11.1 Å². The van der Waals surface area contributed by atoms with Crippen molar-refractivity contribution in [1.29, 1.82) is 0 Å². The molecule has 2 rings (SSSR count). The minimum absolute atomic E-state index is 0.0413. The van der Waals surface area contributed by atoms with Crippen molar-refractivity contribution in [2.24, 2.45) is 5.10 Å². The summed E-state index contributed by atoms with van der Waals surface area (Å²) in [6, 6.07) is 8.91. The van der Waals surface area contributed by atoms with Gasteiger partial charge in [0.2, 0.25) is 5.75 Å². The van der Waals surface area contributed by atoms with Gasteiger partial charge in [0.25, 0.3) is 0 Å². The number of aromatic hydroxyl groups is 1. The molecule has 2 N–H and O–H groups in total. The molecule has 116 valence electrons. The lowest BCUT2D eigenvalue weighted by Gasteiger charge is -2.09. The number of hydrogen-bond donors (Lipinski definition) is 2. The number of halogens is 1. The summed E-state index contributed by atoms with van der Waals surface area (Å²) in [5.74, 6) is 0.596. The van der Waals surface area contributed by atoms with Crippen LogP contribution in [0.2, 0.25) is 5.02 Å². The van der Waals surface area contributed by atoms with E-state index in [0.29, 0.717) is 16.5 Å². The van der Waals surface area contributed by atoms with Gasteiger partial charge in [-0.2, -0.15) is 5.10 Å². The van der Waals surface area contributed by atoms with Gasteiger partial charge in [0, 0.05) is 10.6 Å². The number of nitrogens with zero attached hydrogens (tertiary/aromatic N) is 1. The summed E-state index contributed by atoms with van der Waals surface area (Å²) in [7, 11) is 2.95. The molecular weight excluding hydrogens is 304 g/mol. The summed E-state index contributed by atoms with van der Waals surface area (Å²) in [5, 5.41) is 14.7. The Bertz CT molecular complexity index is 677. The third-order valence-corrected chi connectivity index (χ3v) is 3.49. The first-order chi connectivity index (χ1) is 10.5. The van der Waals surface area contributed by atoms with Crippen molar-refractivity contribution in [2.45, 2.75) is 6.92 Å². The number of methoxy groups -OCH3 is 2. The maximum Gasteiger partial charge on any atom is 0.200 e. The maximum atomic E-state index is 9.85. The topological polar surface area (TPSA) is 63.1 Å². The van der Waals surface area contributed by atoms with E-state index in [-0.39, 0.29) is 5.75 Å². The van der Waals surface area contributed by atoms with E-state index >= 15 is 0 Å². The summed E-state index contributed by atoms with van der Waals surface area (Å²) < 4.78 is 10.2. The average molecular weight is 321 g/mol. The number of phenols is 1. The fourth-order valence-corrected chi connectivity index (χ4v) is 2.01. The minimum atomic E-state index is -0.0413. The van der Waals surface area contributed by atoms with Crippen LogP contribution in [0.15, 0.2) is 35.4 Å². The Kier molecular flexibility index (Phi) is 5.12. The Hall–Kier alpha value is -2.40. The predicted molar refractivity (Wildman–Crippen MR) is 88.6 cm³/mol. The van der Waals surface area contributed by atoms with Gasteiger partial charge in [-0.1, -0.05) is 17.7 Å². The fraction of sp³-hybridized carbons (Fsp3) is 0.188. The van der Waals surface area contributed by atoms with Gasteiger partial charge in [0.1, 0.15) is 0 Å². The van der Waals surface area contributed by atoms with Gasteiger partial charge < -0.3 is 14.6 Å². The lowest BCUT2D eigenvalue weighted by Crippen LogP contribution is -1.94. The van der Waals surface area contributed by atoms with Crippen molar-refractivity contribution < 1.29 is 14.6 Å². The van der Waals surface area contributed by atoms with E-state index in [0.717, 1.165) is 16.8 Å². The lowest BCUT2D eigenvalue weighted by molar-refractivity contribution is 0.340. The molecule has 0 aliphatic rings. The monoisotopic (exact) mass is 320 g/mol. The van der Waals surface area contributed by atoms with Crippen molar-refractivity contribution >= 4 is 23.5 Å². The third kappa shape index (κ3) is 3.62. The van der Waals surface area contributed by atoms with Gasteiger partial charge in [-0.25, -0.2) is 0 Å². The first-order valence-corrected chi connectivity index (χ1v) is 6.93. The molecule has 0 saturated carbocycles. The second-order valence-electron chi connectivity index (χ2n) is 4.61. The van der Waals surface area contributed by atoms with Crippen LogP contribution in [0, 0.1) is 6.92 Å². The zero-order chi connectivity index (χ0) is 16.1. The van der Waals surface area contributed by atoms with E-state index in [9.17, 15) is 5.11 Å². The van der Waals surface area contributed by atoms with Crippen molar-refractivity contribution in [2.75, 3.05) is 19.6 Å². The number of anilines is 1. The summed E-state index contributed by atoms with van der Waals surface area (Å²) >= 11 is 6.05. The van der Waals surface area contributed by atoms with Crippen molar-refractivity contribution in [3.05, 3.63) is 46.5 Å². The van der Waals surface area contributed by atoms with Crippen LogP contribution in [0.4, 0.5) is 5.69 Å². The van der Waals surface area contributed by atoms with E-state index in [1.807, 2.05) is 19.1 Å². The first-order valence-electron chi connectivity index (χ1n) is 6.55. The molecule has 0 spiro atoms. The van der Waals surface area contributed by atoms with Crippen molar-refractivity contribution in [3.63, 3.8) is 0 Å². The summed E-state index contributed by atoms with van der Waals surface area (Å²) in [4.78, 5) is 0. The quantitative estimate of drug-likeness (QED) is 0.649. The van der Waals surface area contributed by atoms with E-state index in [1.54, 1.807) is 24.4 Å². The summed E-state index contributed by atoms with van der Waals surface area (Å²) in [6.07, 6.45) is 1.60. The SMILES string of the molecule is COc1cc(/C=N/Nc2ccc(C)c(Cl)c2)cc(OC)c1O. The number of hydrogen-bond acceptors (Lipinski definition) is 5. The molecule has 2 aromatic carbocycles. The number of nitrogens with one attached hydrogen (secondary N) is 1. The number of hydrazone groups is 1. The van der Waals surface area contributed by atoms with E-state index in [4.69, 9.17) is 21.1 Å². The Morgan fingerprint density at radius 3 is 2.32 bits per heavy atom. The standard InChI is InChI=1S/C16H17ClN2O3/c1-10-4-5-12(8-13(10)17)19-18-9-11-6-14(21-2)16(20)15(7-11)22-3/h4-9,19-20H,1-3H3/b18-9+. The van der Waals surface area contributed by atoms with Crippen molar-refractivity contribution in [3.8, 4) is 17.2 Å². The van der Waals surface area contributed by atoms with E-state index < -0.39 is 0 Å². The number of phenolic OH excluding ortho intramolecular Hbond substituents is 1. The Morgan fingerprint density at radius 2 is 1.77 bits per heavy atom. The normalized spacial score (nSPS) is 10.7. The number of rotatable bonds is 5. The van der Waals surface area contributed by atoms with E-state index in [2.05, 4.69) is 10.5 Å². The van der Waals surface area contributed by atoms with Crippen LogP contribution in [-0.2, 0) is 0 Å². The molecule has 0 aromatic heterocycles. The largest absolute Gasteiger partial charge is 0.502 e.